The summed E-state index contributed by atoms with van der Waals surface area (Å²) in [5.41, 5.74) is 0.620. The number of aryl methyl sites for hydroxylation is 1. The third kappa shape index (κ3) is 4.87. The smallest absolute Gasteiger partial charge is 0.244 e. The van der Waals surface area contributed by atoms with E-state index in [0.717, 1.165) is 0 Å². The number of nitriles is 1. The molecule has 0 aliphatic rings. The Morgan fingerprint density at radius 3 is 2.59 bits per heavy atom. The summed E-state index contributed by atoms with van der Waals surface area (Å²) in [6, 6.07) is 13.2. The Hall–Kier alpha value is -3.05. The molecule has 7 nitrogen and oxygen atoms in total. The number of carbonyl (C=O) groups is 1. The van der Waals surface area contributed by atoms with Crippen molar-refractivity contribution in [3.8, 4) is 17.6 Å². The van der Waals surface area contributed by atoms with Gasteiger partial charge in [0, 0.05) is 16.3 Å². The predicted octanol–water partition coefficient (Wildman–Crippen LogP) is 4.89. The van der Waals surface area contributed by atoms with Gasteiger partial charge in [-0.1, -0.05) is 28.4 Å². The molecule has 0 fully saturated rings. The van der Waals surface area contributed by atoms with E-state index in [9.17, 15) is 15.2 Å². The van der Waals surface area contributed by atoms with E-state index in [1.165, 1.54) is 12.3 Å². The molecule has 0 aliphatic carbocycles. The number of aromatic nitrogens is 1. The SMILES string of the molecule is Cc1oncc1C(O)C(C#N)C(=O)Nc1ccc(Oc2ccc(Cl)cc2)c(Cl)c1. The minimum atomic E-state index is -1.38. The second-order valence-corrected chi connectivity index (χ2v) is 6.92. The molecular weight excluding hydrogens is 417 g/mol. The lowest BCUT2D eigenvalue weighted by molar-refractivity contribution is -0.121. The van der Waals surface area contributed by atoms with E-state index >= 15 is 0 Å². The zero-order chi connectivity index (χ0) is 21.0. The van der Waals surface area contributed by atoms with Crippen molar-refractivity contribution in [1.82, 2.24) is 5.16 Å². The zero-order valence-corrected chi connectivity index (χ0v) is 16.6. The van der Waals surface area contributed by atoms with Crippen molar-refractivity contribution in [2.45, 2.75) is 13.0 Å². The van der Waals surface area contributed by atoms with Gasteiger partial charge in [0.1, 0.15) is 23.4 Å². The maximum atomic E-state index is 12.5. The molecular formula is C20H15Cl2N3O4. The van der Waals surface area contributed by atoms with Crippen molar-refractivity contribution in [2.75, 3.05) is 5.32 Å². The highest BCUT2D eigenvalue weighted by atomic mass is 35.5. The fourth-order valence-electron chi connectivity index (χ4n) is 2.55. The van der Waals surface area contributed by atoms with Crippen molar-refractivity contribution >= 4 is 34.8 Å². The van der Waals surface area contributed by atoms with Crippen LogP contribution < -0.4 is 10.1 Å². The number of amides is 1. The number of carbonyl (C=O) groups excluding carboxylic acids is 1. The normalized spacial score (nSPS) is 12.7. The lowest BCUT2D eigenvalue weighted by atomic mass is 9.97. The molecule has 3 rings (SSSR count). The van der Waals surface area contributed by atoms with Crippen LogP contribution in [0.25, 0.3) is 0 Å². The van der Waals surface area contributed by atoms with Crippen LogP contribution in [0.3, 0.4) is 0 Å². The maximum absolute atomic E-state index is 12.5. The highest BCUT2D eigenvalue weighted by Gasteiger charge is 2.30. The van der Waals surface area contributed by atoms with E-state index in [1.807, 2.05) is 0 Å². The molecule has 0 saturated heterocycles. The Labute approximate surface area is 176 Å². The summed E-state index contributed by atoms with van der Waals surface area (Å²) in [5.74, 6) is -0.800. The van der Waals surface area contributed by atoms with Gasteiger partial charge < -0.3 is 19.7 Å². The first-order valence-electron chi connectivity index (χ1n) is 8.41. The van der Waals surface area contributed by atoms with Crippen LogP contribution in [0.1, 0.15) is 17.4 Å². The topological polar surface area (TPSA) is 108 Å². The fourth-order valence-corrected chi connectivity index (χ4v) is 2.90. The van der Waals surface area contributed by atoms with E-state index in [1.54, 1.807) is 49.4 Å². The van der Waals surface area contributed by atoms with Crippen LogP contribution in [-0.4, -0.2) is 16.2 Å². The van der Waals surface area contributed by atoms with Gasteiger partial charge in [-0.25, -0.2) is 0 Å². The molecule has 3 aromatic rings. The molecule has 9 heteroatoms. The van der Waals surface area contributed by atoms with Crippen LogP contribution in [0.15, 0.2) is 53.2 Å². The van der Waals surface area contributed by atoms with Gasteiger partial charge in [-0.05, 0) is 49.4 Å². The van der Waals surface area contributed by atoms with Gasteiger partial charge in [-0.2, -0.15) is 5.26 Å². The van der Waals surface area contributed by atoms with Gasteiger partial charge in [0.25, 0.3) is 0 Å². The number of benzene rings is 2. The molecule has 2 unspecified atom stereocenters. The standard InChI is InChI=1S/C20H15Cl2N3O4/c1-11-16(10-24-29-11)19(26)15(9-23)20(27)25-13-4-7-18(17(22)8-13)28-14-5-2-12(21)3-6-14/h2-8,10,15,19,26H,1H3,(H,25,27). The number of aliphatic hydroxyl groups excluding tert-OH is 1. The highest BCUT2D eigenvalue weighted by Crippen LogP contribution is 2.33. The maximum Gasteiger partial charge on any atom is 0.244 e. The first-order valence-corrected chi connectivity index (χ1v) is 9.17. The van der Waals surface area contributed by atoms with Gasteiger partial charge in [0.2, 0.25) is 5.91 Å². The van der Waals surface area contributed by atoms with Crippen LogP contribution in [0.2, 0.25) is 10.0 Å². The third-order valence-electron chi connectivity index (χ3n) is 4.08. The van der Waals surface area contributed by atoms with Crippen LogP contribution in [0.5, 0.6) is 11.5 Å². The van der Waals surface area contributed by atoms with Gasteiger partial charge >= 0.3 is 0 Å². The predicted molar refractivity (Wildman–Crippen MR) is 107 cm³/mol. The second-order valence-electron chi connectivity index (χ2n) is 6.08. The summed E-state index contributed by atoms with van der Waals surface area (Å²) in [7, 11) is 0. The number of halogens is 2. The van der Waals surface area contributed by atoms with E-state index in [-0.39, 0.29) is 10.6 Å². The average Bonchev–Trinajstić information content (AvgIpc) is 3.12. The number of hydrogen-bond donors (Lipinski definition) is 2. The summed E-state index contributed by atoms with van der Waals surface area (Å²) in [5, 5.41) is 26.6. The Morgan fingerprint density at radius 1 is 1.28 bits per heavy atom. The fraction of sp³-hybridized carbons (Fsp3) is 0.150. The van der Waals surface area contributed by atoms with Crippen LogP contribution in [-0.2, 0) is 4.79 Å². The van der Waals surface area contributed by atoms with E-state index in [4.69, 9.17) is 32.5 Å². The first kappa shape index (κ1) is 20.7. The van der Waals surface area contributed by atoms with Crippen LogP contribution in [0.4, 0.5) is 5.69 Å². The van der Waals surface area contributed by atoms with Gasteiger partial charge in [0.15, 0.2) is 5.92 Å². The van der Waals surface area contributed by atoms with E-state index < -0.39 is 17.9 Å². The number of anilines is 1. The van der Waals surface area contributed by atoms with Crippen molar-refractivity contribution < 1.29 is 19.2 Å². The van der Waals surface area contributed by atoms with Crippen molar-refractivity contribution in [3.63, 3.8) is 0 Å². The lowest BCUT2D eigenvalue weighted by Gasteiger charge is -2.16. The summed E-state index contributed by atoms with van der Waals surface area (Å²) >= 11 is 12.1. The average molecular weight is 432 g/mol. The van der Waals surface area contributed by atoms with Gasteiger partial charge in [-0.3, -0.25) is 4.79 Å². The molecule has 2 aromatic carbocycles. The van der Waals surface area contributed by atoms with Gasteiger partial charge in [0.05, 0.1) is 17.3 Å². The number of nitrogens with one attached hydrogen (secondary N) is 1. The molecule has 1 aromatic heterocycles. The first-order chi connectivity index (χ1) is 13.9. The minimum Gasteiger partial charge on any atom is -0.456 e. The Balaban J connectivity index is 1.71. The molecule has 2 N–H and O–H groups in total. The molecule has 2 atom stereocenters. The van der Waals surface area contributed by atoms with E-state index in [2.05, 4.69) is 10.5 Å². The Bertz CT molecular complexity index is 1060. The largest absolute Gasteiger partial charge is 0.456 e. The number of hydrogen-bond acceptors (Lipinski definition) is 6. The molecule has 1 amide bonds. The van der Waals surface area contributed by atoms with Crippen molar-refractivity contribution in [1.29, 1.82) is 5.26 Å². The number of aliphatic hydroxyl groups is 1. The number of rotatable bonds is 6. The van der Waals surface area contributed by atoms with Crippen LogP contribution in [0, 0.1) is 24.2 Å². The highest BCUT2D eigenvalue weighted by molar-refractivity contribution is 6.32. The molecule has 0 bridgehead atoms. The second kappa shape index (κ2) is 8.97. The summed E-state index contributed by atoms with van der Waals surface area (Å²) in [6.07, 6.45) is -0.105. The Kier molecular flexibility index (Phi) is 6.39. The molecule has 0 spiro atoms. The van der Waals surface area contributed by atoms with Crippen molar-refractivity contribution in [3.05, 3.63) is 70.0 Å². The number of ether oxygens (including phenoxy) is 1. The monoisotopic (exact) mass is 431 g/mol. The summed E-state index contributed by atoms with van der Waals surface area (Å²) in [4.78, 5) is 12.5. The van der Waals surface area contributed by atoms with Crippen LogP contribution >= 0.6 is 23.2 Å². The third-order valence-corrected chi connectivity index (χ3v) is 4.63. The number of nitrogens with zero attached hydrogens (tertiary/aromatic N) is 2. The quantitative estimate of drug-likeness (QED) is 0.574. The van der Waals surface area contributed by atoms with Gasteiger partial charge in [-0.15, -0.1) is 0 Å². The molecule has 1 heterocycles. The lowest BCUT2D eigenvalue weighted by Crippen LogP contribution is -2.27. The molecule has 29 heavy (non-hydrogen) atoms. The molecule has 0 aliphatic heterocycles. The zero-order valence-electron chi connectivity index (χ0n) is 15.1. The minimum absolute atomic E-state index is 0.252. The van der Waals surface area contributed by atoms with Crippen molar-refractivity contribution in [2.24, 2.45) is 5.92 Å². The Morgan fingerprint density at radius 2 is 2.00 bits per heavy atom. The molecule has 0 saturated carbocycles. The van der Waals surface area contributed by atoms with E-state index in [0.29, 0.717) is 28.0 Å². The summed E-state index contributed by atoms with van der Waals surface area (Å²) < 4.78 is 10.6. The molecule has 148 valence electrons. The molecule has 0 radical (unpaired) electrons. The summed E-state index contributed by atoms with van der Waals surface area (Å²) in [6.45, 7) is 1.58.